The van der Waals surface area contributed by atoms with Crippen LogP contribution in [0.5, 0.6) is 11.5 Å². The lowest BCUT2D eigenvalue weighted by molar-refractivity contribution is 0.436. The van der Waals surface area contributed by atoms with Gasteiger partial charge in [0, 0.05) is 28.1 Å². The molecule has 0 N–H and O–H groups in total. The highest BCUT2D eigenvalue weighted by Gasteiger charge is 2.51. The van der Waals surface area contributed by atoms with Crippen molar-refractivity contribution < 1.29 is 4.74 Å². The van der Waals surface area contributed by atoms with E-state index in [-0.39, 0.29) is 0 Å². The van der Waals surface area contributed by atoms with E-state index in [1.165, 1.54) is 61.3 Å². The van der Waals surface area contributed by atoms with Gasteiger partial charge in [0.2, 0.25) is 0 Å². The van der Waals surface area contributed by atoms with Crippen LogP contribution in [0.1, 0.15) is 59.1 Å². The molecule has 0 atom stereocenters. The van der Waals surface area contributed by atoms with Crippen molar-refractivity contribution in [2.24, 2.45) is 0 Å². The zero-order chi connectivity index (χ0) is 33.8. The van der Waals surface area contributed by atoms with Crippen LogP contribution in [0, 0.1) is 0 Å². The Morgan fingerprint density at radius 1 is 0.529 bits per heavy atom. The fourth-order valence-corrected chi connectivity index (χ4v) is 8.80. The summed E-state index contributed by atoms with van der Waals surface area (Å²) in [5, 5.41) is 0. The molecule has 6 aromatic carbocycles. The van der Waals surface area contributed by atoms with Crippen LogP contribution in [0.2, 0.25) is 0 Å². The molecule has 0 saturated heterocycles. The SMILES string of the molecule is C1=CCCC(c2ccc(N(c3ccccc3)c3ccc4c(c3)C3(c5ccccc5Oc5ccccc53)c3ccccc3-4)c(C3=CCCC=C3)c2)=C1. The lowest BCUT2D eigenvalue weighted by Gasteiger charge is -2.39. The van der Waals surface area contributed by atoms with Crippen molar-refractivity contribution >= 4 is 28.2 Å². The maximum Gasteiger partial charge on any atom is 0.132 e. The molecule has 2 heteroatoms. The Kier molecular flexibility index (Phi) is 7.02. The molecule has 1 aliphatic heterocycles. The van der Waals surface area contributed by atoms with Crippen molar-refractivity contribution in [3.8, 4) is 22.6 Å². The zero-order valence-electron chi connectivity index (χ0n) is 28.4. The molecule has 0 unspecified atom stereocenters. The van der Waals surface area contributed by atoms with E-state index in [0.29, 0.717) is 0 Å². The van der Waals surface area contributed by atoms with Crippen LogP contribution in [-0.2, 0) is 5.41 Å². The average molecular weight is 656 g/mol. The molecule has 10 rings (SSSR count). The third-order valence-corrected chi connectivity index (χ3v) is 11.0. The molecule has 0 bridgehead atoms. The Bertz CT molecular complexity index is 2420. The Morgan fingerprint density at radius 3 is 2.00 bits per heavy atom. The molecule has 0 aromatic heterocycles. The van der Waals surface area contributed by atoms with Gasteiger partial charge in [-0.25, -0.2) is 0 Å². The topological polar surface area (TPSA) is 12.5 Å². The molecule has 0 saturated carbocycles. The van der Waals surface area contributed by atoms with Gasteiger partial charge in [-0.3, -0.25) is 0 Å². The van der Waals surface area contributed by atoms with E-state index in [0.717, 1.165) is 48.6 Å². The Labute approximate surface area is 300 Å². The molecule has 0 radical (unpaired) electrons. The van der Waals surface area contributed by atoms with Gasteiger partial charge in [0.05, 0.1) is 11.1 Å². The Morgan fingerprint density at radius 2 is 1.25 bits per heavy atom. The van der Waals surface area contributed by atoms with Crippen LogP contribution in [-0.4, -0.2) is 0 Å². The second-order valence-electron chi connectivity index (χ2n) is 13.8. The summed E-state index contributed by atoms with van der Waals surface area (Å²) >= 11 is 0. The summed E-state index contributed by atoms with van der Waals surface area (Å²) in [5.41, 5.74) is 15.6. The van der Waals surface area contributed by atoms with E-state index < -0.39 is 5.41 Å². The molecule has 6 aromatic rings. The van der Waals surface area contributed by atoms with Gasteiger partial charge < -0.3 is 9.64 Å². The van der Waals surface area contributed by atoms with Crippen LogP contribution in [0.4, 0.5) is 17.1 Å². The summed E-state index contributed by atoms with van der Waals surface area (Å²) in [6.07, 6.45) is 18.1. The first-order valence-corrected chi connectivity index (χ1v) is 18.1. The first-order chi connectivity index (χ1) is 25.3. The summed E-state index contributed by atoms with van der Waals surface area (Å²) in [7, 11) is 0. The van der Waals surface area contributed by atoms with Crippen LogP contribution >= 0.6 is 0 Å². The maximum absolute atomic E-state index is 6.62. The van der Waals surface area contributed by atoms with Crippen molar-refractivity contribution in [3.63, 3.8) is 0 Å². The van der Waals surface area contributed by atoms with Gasteiger partial charge in [0.15, 0.2) is 0 Å². The van der Waals surface area contributed by atoms with E-state index in [1.54, 1.807) is 0 Å². The second-order valence-corrected chi connectivity index (χ2v) is 13.8. The number of benzene rings is 6. The highest BCUT2D eigenvalue weighted by atomic mass is 16.5. The van der Waals surface area contributed by atoms with Gasteiger partial charge in [-0.2, -0.15) is 0 Å². The van der Waals surface area contributed by atoms with Crippen molar-refractivity contribution in [1.82, 2.24) is 0 Å². The highest BCUT2D eigenvalue weighted by molar-refractivity contribution is 5.94. The predicted octanol–water partition coefficient (Wildman–Crippen LogP) is 13.1. The van der Waals surface area contributed by atoms with Crippen LogP contribution in [0.25, 0.3) is 22.3 Å². The van der Waals surface area contributed by atoms with E-state index in [9.17, 15) is 0 Å². The van der Waals surface area contributed by atoms with Crippen molar-refractivity contribution in [2.45, 2.75) is 31.1 Å². The summed E-state index contributed by atoms with van der Waals surface area (Å²) < 4.78 is 6.62. The fourth-order valence-electron chi connectivity index (χ4n) is 8.80. The molecule has 0 fully saturated rings. The van der Waals surface area contributed by atoms with Crippen LogP contribution in [0.3, 0.4) is 0 Å². The summed E-state index contributed by atoms with van der Waals surface area (Å²) in [6.45, 7) is 0. The number of anilines is 3. The lowest BCUT2D eigenvalue weighted by Crippen LogP contribution is -2.32. The Hall–Kier alpha value is -6.12. The number of hydrogen-bond donors (Lipinski definition) is 0. The largest absolute Gasteiger partial charge is 0.457 e. The minimum atomic E-state index is -0.530. The van der Waals surface area contributed by atoms with Gasteiger partial charge in [0.25, 0.3) is 0 Å². The number of allylic oxidation sites excluding steroid dienone is 8. The molecule has 3 aliphatic carbocycles. The highest BCUT2D eigenvalue weighted by Crippen LogP contribution is 2.62. The first-order valence-electron chi connectivity index (χ1n) is 18.1. The van der Waals surface area contributed by atoms with E-state index in [1.807, 2.05) is 0 Å². The fraction of sp³-hybridized carbons (Fsp3) is 0.102. The maximum atomic E-state index is 6.62. The van der Waals surface area contributed by atoms with E-state index in [4.69, 9.17) is 4.74 Å². The quantitative estimate of drug-likeness (QED) is 0.183. The normalized spacial score (nSPS) is 15.9. The number of para-hydroxylation sites is 3. The molecule has 4 aliphatic rings. The molecule has 1 heterocycles. The molecule has 1 spiro atoms. The summed E-state index contributed by atoms with van der Waals surface area (Å²) in [5.74, 6) is 1.81. The number of fused-ring (bicyclic) bond motifs is 9. The summed E-state index contributed by atoms with van der Waals surface area (Å²) in [6, 6.07) is 51.2. The Balaban J connectivity index is 1.24. The minimum absolute atomic E-state index is 0.530. The molecule has 0 amide bonds. The molecule has 51 heavy (non-hydrogen) atoms. The number of nitrogens with zero attached hydrogens (tertiary/aromatic N) is 1. The molecular formula is C49H37NO. The van der Waals surface area contributed by atoms with Crippen molar-refractivity contribution in [2.75, 3.05) is 4.90 Å². The number of ether oxygens (including phenoxy) is 1. The van der Waals surface area contributed by atoms with Gasteiger partial charge in [-0.15, -0.1) is 0 Å². The molecule has 244 valence electrons. The van der Waals surface area contributed by atoms with Gasteiger partial charge >= 0.3 is 0 Å². The molecular weight excluding hydrogens is 619 g/mol. The van der Waals surface area contributed by atoms with Gasteiger partial charge in [-0.05, 0) is 113 Å². The van der Waals surface area contributed by atoms with Crippen LogP contribution < -0.4 is 9.64 Å². The zero-order valence-corrected chi connectivity index (χ0v) is 28.4. The monoisotopic (exact) mass is 655 g/mol. The number of hydrogen-bond acceptors (Lipinski definition) is 2. The van der Waals surface area contributed by atoms with E-state index >= 15 is 0 Å². The van der Waals surface area contributed by atoms with Gasteiger partial charge in [0.1, 0.15) is 11.5 Å². The van der Waals surface area contributed by atoms with E-state index in [2.05, 4.69) is 181 Å². The third kappa shape index (κ3) is 4.63. The standard InChI is InChI=1S/C49H37NO/c1-4-16-34(17-5-1)36-28-31-46(41(32-36)35-18-6-2-7-19-35)50(37-20-8-3-9-21-37)38-29-30-40-39-22-10-11-23-42(39)49(45(40)33-38)43-24-12-14-26-47(43)51-48-27-15-13-25-44(48)49/h1,3-4,6,8-16,18-33H,2,5,7,17H2. The predicted molar refractivity (Wildman–Crippen MR) is 211 cm³/mol. The van der Waals surface area contributed by atoms with Gasteiger partial charge in [-0.1, -0.05) is 127 Å². The second kappa shape index (κ2) is 12.0. The smallest absolute Gasteiger partial charge is 0.132 e. The molecule has 2 nitrogen and oxygen atoms in total. The lowest BCUT2D eigenvalue weighted by atomic mass is 9.66. The minimum Gasteiger partial charge on any atom is -0.457 e. The van der Waals surface area contributed by atoms with Crippen LogP contribution in [0.15, 0.2) is 176 Å². The average Bonchev–Trinajstić information content (AvgIpc) is 3.49. The number of rotatable bonds is 5. The third-order valence-electron chi connectivity index (χ3n) is 11.0. The van der Waals surface area contributed by atoms with Crippen molar-refractivity contribution in [3.05, 3.63) is 209 Å². The summed E-state index contributed by atoms with van der Waals surface area (Å²) in [4.78, 5) is 2.46. The first kappa shape index (κ1) is 29.8. The van der Waals surface area contributed by atoms with Crippen molar-refractivity contribution in [1.29, 1.82) is 0 Å².